The minimum Gasteiger partial charge on any atom is -0.493 e. The standard InChI is InChI=1S/C31H46O/c1-3-5-6-10-29-21-23-31(24-22-29)32-25-30-19-17-28(18-20-30)12-8-7-11-27-15-13-26(9-4-2)14-16-27/h7,11,21-24,26-28,30H,3-6,9-10,13-20,25H2,1-2H3/t26-,27-,28-,30-. The number of ether oxygens (including phenoxy) is 1. The molecule has 0 unspecified atom stereocenters. The summed E-state index contributed by atoms with van der Waals surface area (Å²) in [5, 5.41) is 0. The molecule has 1 aromatic carbocycles. The zero-order chi connectivity index (χ0) is 22.4. The SMILES string of the molecule is CCCCCc1ccc(OC[C@H]2CC[C@H](C#CC=C[C@H]3CC[C@H](CCC)CC3)CC2)cc1. The summed E-state index contributed by atoms with van der Waals surface area (Å²) in [5.74, 6) is 11.0. The van der Waals surface area contributed by atoms with E-state index in [2.05, 4.69) is 62.1 Å². The molecule has 0 radical (unpaired) electrons. The van der Waals surface area contributed by atoms with E-state index in [1.165, 1.54) is 95.5 Å². The first-order valence-corrected chi connectivity index (χ1v) is 13.7. The lowest BCUT2D eigenvalue weighted by Gasteiger charge is -2.26. The van der Waals surface area contributed by atoms with Gasteiger partial charge in [-0.05, 0) is 106 Å². The van der Waals surface area contributed by atoms with E-state index in [1.807, 2.05) is 0 Å². The third-order valence-corrected chi connectivity index (χ3v) is 7.65. The van der Waals surface area contributed by atoms with E-state index in [0.717, 1.165) is 24.2 Å². The Labute approximate surface area is 198 Å². The van der Waals surface area contributed by atoms with Gasteiger partial charge in [-0.1, -0.05) is 69.6 Å². The Morgan fingerprint density at radius 2 is 1.56 bits per heavy atom. The van der Waals surface area contributed by atoms with Gasteiger partial charge in [0.15, 0.2) is 0 Å². The Hall–Kier alpha value is -1.68. The fourth-order valence-electron chi connectivity index (χ4n) is 5.45. The van der Waals surface area contributed by atoms with Crippen LogP contribution in [0.3, 0.4) is 0 Å². The molecule has 1 nitrogen and oxygen atoms in total. The second-order valence-corrected chi connectivity index (χ2v) is 10.3. The quantitative estimate of drug-likeness (QED) is 0.264. The number of hydrogen-bond donors (Lipinski definition) is 0. The first kappa shape index (κ1) is 25.0. The average molecular weight is 435 g/mol. The maximum absolute atomic E-state index is 6.10. The molecule has 1 aromatic rings. The molecule has 3 rings (SSSR count). The largest absolute Gasteiger partial charge is 0.493 e. The Balaban J connectivity index is 1.29. The molecular formula is C31H46O. The molecule has 2 aliphatic rings. The van der Waals surface area contributed by atoms with Crippen LogP contribution < -0.4 is 4.74 Å². The Bertz CT molecular complexity index is 703. The smallest absolute Gasteiger partial charge is 0.119 e. The van der Waals surface area contributed by atoms with Gasteiger partial charge < -0.3 is 4.74 Å². The summed E-state index contributed by atoms with van der Waals surface area (Å²) in [6.07, 6.45) is 22.9. The third-order valence-electron chi connectivity index (χ3n) is 7.65. The molecule has 2 aliphatic carbocycles. The number of benzene rings is 1. The van der Waals surface area contributed by atoms with Gasteiger partial charge in [-0.25, -0.2) is 0 Å². The van der Waals surface area contributed by atoms with Crippen molar-refractivity contribution in [1.29, 1.82) is 0 Å². The van der Waals surface area contributed by atoms with Gasteiger partial charge in [0.25, 0.3) is 0 Å². The lowest BCUT2D eigenvalue weighted by molar-refractivity contribution is 0.196. The molecule has 0 atom stereocenters. The molecule has 0 N–H and O–H groups in total. The Kier molecular flexibility index (Phi) is 11.3. The van der Waals surface area contributed by atoms with Crippen LogP contribution in [0.15, 0.2) is 36.4 Å². The first-order valence-electron chi connectivity index (χ1n) is 13.7. The van der Waals surface area contributed by atoms with Gasteiger partial charge in [0.2, 0.25) is 0 Å². The summed E-state index contributed by atoms with van der Waals surface area (Å²) in [4.78, 5) is 0. The highest BCUT2D eigenvalue weighted by Crippen LogP contribution is 2.32. The summed E-state index contributed by atoms with van der Waals surface area (Å²) < 4.78 is 6.10. The van der Waals surface area contributed by atoms with Crippen LogP contribution in [-0.4, -0.2) is 6.61 Å². The van der Waals surface area contributed by atoms with Crippen LogP contribution in [0, 0.1) is 35.5 Å². The number of allylic oxidation sites excluding steroid dienone is 2. The molecule has 0 aliphatic heterocycles. The van der Waals surface area contributed by atoms with Crippen molar-refractivity contribution in [1.82, 2.24) is 0 Å². The minimum absolute atomic E-state index is 0.582. The van der Waals surface area contributed by atoms with E-state index in [9.17, 15) is 0 Å². The second-order valence-electron chi connectivity index (χ2n) is 10.3. The summed E-state index contributed by atoms with van der Waals surface area (Å²) in [5.41, 5.74) is 1.43. The van der Waals surface area contributed by atoms with Gasteiger partial charge in [-0.2, -0.15) is 0 Å². The number of aryl methyl sites for hydroxylation is 1. The number of hydrogen-bond acceptors (Lipinski definition) is 1. The van der Waals surface area contributed by atoms with Crippen molar-refractivity contribution in [3.8, 4) is 17.6 Å². The van der Waals surface area contributed by atoms with E-state index >= 15 is 0 Å². The van der Waals surface area contributed by atoms with Crippen molar-refractivity contribution in [2.45, 2.75) is 104 Å². The van der Waals surface area contributed by atoms with Crippen molar-refractivity contribution in [3.05, 3.63) is 42.0 Å². The van der Waals surface area contributed by atoms with Crippen LogP contribution in [0.5, 0.6) is 5.75 Å². The van der Waals surface area contributed by atoms with Gasteiger partial charge in [-0.3, -0.25) is 0 Å². The molecular weight excluding hydrogens is 388 g/mol. The van der Waals surface area contributed by atoms with E-state index in [4.69, 9.17) is 4.74 Å². The fourth-order valence-corrected chi connectivity index (χ4v) is 5.45. The number of unbranched alkanes of at least 4 members (excludes halogenated alkanes) is 2. The highest BCUT2D eigenvalue weighted by molar-refractivity contribution is 5.27. The summed E-state index contributed by atoms with van der Waals surface area (Å²) in [6.45, 7) is 5.43. The van der Waals surface area contributed by atoms with Crippen LogP contribution in [0.2, 0.25) is 0 Å². The summed E-state index contributed by atoms with van der Waals surface area (Å²) in [7, 11) is 0. The van der Waals surface area contributed by atoms with E-state index in [0.29, 0.717) is 11.8 Å². The maximum atomic E-state index is 6.10. The molecule has 0 heterocycles. The third kappa shape index (κ3) is 9.05. The van der Waals surface area contributed by atoms with Crippen LogP contribution in [0.4, 0.5) is 0 Å². The molecule has 2 saturated carbocycles. The lowest BCUT2D eigenvalue weighted by atomic mass is 9.80. The zero-order valence-electron chi connectivity index (χ0n) is 20.8. The average Bonchev–Trinajstić information content (AvgIpc) is 2.83. The van der Waals surface area contributed by atoms with Gasteiger partial charge in [0, 0.05) is 5.92 Å². The molecule has 32 heavy (non-hydrogen) atoms. The predicted molar refractivity (Wildman–Crippen MR) is 138 cm³/mol. The highest BCUT2D eigenvalue weighted by atomic mass is 16.5. The molecule has 0 amide bonds. The van der Waals surface area contributed by atoms with Crippen LogP contribution in [0.1, 0.15) is 103 Å². The van der Waals surface area contributed by atoms with Crippen LogP contribution in [0.25, 0.3) is 0 Å². The predicted octanol–water partition coefficient (Wildman–Crippen LogP) is 8.77. The van der Waals surface area contributed by atoms with Crippen molar-refractivity contribution in [3.63, 3.8) is 0 Å². The van der Waals surface area contributed by atoms with E-state index < -0.39 is 0 Å². The molecule has 0 aromatic heterocycles. The second kappa shape index (κ2) is 14.5. The van der Waals surface area contributed by atoms with E-state index in [-0.39, 0.29) is 0 Å². The van der Waals surface area contributed by atoms with Crippen molar-refractivity contribution in [2.24, 2.45) is 23.7 Å². The van der Waals surface area contributed by atoms with Crippen LogP contribution >= 0.6 is 0 Å². The normalized spacial score (nSPS) is 25.9. The molecule has 2 fully saturated rings. The molecule has 0 spiro atoms. The van der Waals surface area contributed by atoms with E-state index in [1.54, 1.807) is 0 Å². The summed E-state index contributed by atoms with van der Waals surface area (Å²) >= 11 is 0. The Morgan fingerprint density at radius 1 is 0.844 bits per heavy atom. The molecule has 1 heteroatoms. The Morgan fingerprint density at radius 3 is 2.25 bits per heavy atom. The van der Waals surface area contributed by atoms with Gasteiger partial charge >= 0.3 is 0 Å². The molecule has 0 saturated heterocycles. The molecule has 0 bridgehead atoms. The monoisotopic (exact) mass is 434 g/mol. The zero-order valence-corrected chi connectivity index (χ0v) is 20.8. The van der Waals surface area contributed by atoms with Crippen molar-refractivity contribution in [2.75, 3.05) is 6.61 Å². The molecule has 176 valence electrons. The van der Waals surface area contributed by atoms with Crippen molar-refractivity contribution < 1.29 is 4.74 Å². The van der Waals surface area contributed by atoms with Gasteiger partial charge in [0.1, 0.15) is 5.75 Å². The van der Waals surface area contributed by atoms with Gasteiger partial charge in [-0.15, -0.1) is 0 Å². The van der Waals surface area contributed by atoms with Gasteiger partial charge in [0.05, 0.1) is 6.61 Å². The van der Waals surface area contributed by atoms with Crippen LogP contribution in [-0.2, 0) is 6.42 Å². The first-order chi connectivity index (χ1) is 15.8. The topological polar surface area (TPSA) is 9.23 Å². The fraction of sp³-hybridized carbons (Fsp3) is 0.677. The minimum atomic E-state index is 0.582. The number of rotatable bonds is 10. The lowest BCUT2D eigenvalue weighted by Crippen LogP contribution is -2.19. The van der Waals surface area contributed by atoms with Crippen molar-refractivity contribution >= 4 is 0 Å². The summed E-state index contributed by atoms with van der Waals surface area (Å²) in [6, 6.07) is 8.78. The maximum Gasteiger partial charge on any atom is 0.119 e. The highest BCUT2D eigenvalue weighted by Gasteiger charge is 2.20.